The Bertz CT molecular complexity index is 359. The highest BCUT2D eigenvalue weighted by Crippen LogP contribution is 2.27. The molecule has 2 rings (SSSR count). The number of rotatable bonds is 6. The van der Waals surface area contributed by atoms with E-state index < -0.39 is 0 Å². The van der Waals surface area contributed by atoms with Crippen LogP contribution in [0.25, 0.3) is 0 Å². The highest BCUT2D eigenvalue weighted by atomic mass is 32.1. The van der Waals surface area contributed by atoms with Crippen molar-refractivity contribution in [2.45, 2.75) is 38.1 Å². The molecule has 1 fully saturated rings. The second-order valence-corrected chi connectivity index (χ2v) is 5.49. The first kappa shape index (κ1) is 13.7. The van der Waals surface area contributed by atoms with E-state index in [1.807, 2.05) is 0 Å². The summed E-state index contributed by atoms with van der Waals surface area (Å²) < 4.78 is 9.31. The molecular formula is C12H21N3O2S. The van der Waals surface area contributed by atoms with Gasteiger partial charge in [0.15, 0.2) is 0 Å². The molecule has 2 N–H and O–H groups in total. The molecule has 1 aromatic heterocycles. The smallest absolute Gasteiger partial charge is 0.202 e. The van der Waals surface area contributed by atoms with Crippen LogP contribution in [0.5, 0.6) is 0 Å². The van der Waals surface area contributed by atoms with Gasteiger partial charge in [0, 0.05) is 43.6 Å². The van der Waals surface area contributed by atoms with Crippen LogP contribution in [0, 0.1) is 5.92 Å². The van der Waals surface area contributed by atoms with Gasteiger partial charge in [-0.2, -0.15) is 4.37 Å². The van der Waals surface area contributed by atoms with E-state index in [1.165, 1.54) is 24.4 Å². The largest absolute Gasteiger partial charge is 0.396 e. The zero-order valence-corrected chi connectivity index (χ0v) is 11.6. The summed E-state index contributed by atoms with van der Waals surface area (Å²) in [5, 5.41) is 13.7. The zero-order valence-electron chi connectivity index (χ0n) is 10.8. The number of hydrogen-bond donors (Lipinski definition) is 2. The van der Waals surface area contributed by atoms with Crippen molar-refractivity contribution >= 4 is 16.7 Å². The van der Waals surface area contributed by atoms with Gasteiger partial charge in [0.05, 0.1) is 6.61 Å². The minimum Gasteiger partial charge on any atom is -0.396 e. The minimum atomic E-state index is 0.257. The number of aliphatic hydroxyl groups is 1. The summed E-state index contributed by atoms with van der Waals surface area (Å²) in [5.74, 6) is 1.19. The van der Waals surface area contributed by atoms with Gasteiger partial charge in [0.25, 0.3) is 0 Å². The van der Waals surface area contributed by atoms with Crippen molar-refractivity contribution in [1.29, 1.82) is 0 Å². The van der Waals surface area contributed by atoms with Gasteiger partial charge in [-0.05, 0) is 12.8 Å². The zero-order chi connectivity index (χ0) is 12.8. The molecular weight excluding hydrogens is 250 g/mol. The third-order valence-corrected chi connectivity index (χ3v) is 4.13. The first-order chi connectivity index (χ1) is 8.83. The van der Waals surface area contributed by atoms with Crippen LogP contribution in [0.15, 0.2) is 0 Å². The molecule has 0 aromatic carbocycles. The average molecular weight is 271 g/mol. The van der Waals surface area contributed by atoms with Crippen LogP contribution in [-0.4, -0.2) is 40.8 Å². The highest BCUT2D eigenvalue weighted by Gasteiger charge is 2.25. The summed E-state index contributed by atoms with van der Waals surface area (Å²) in [5.41, 5.74) is 0. The third kappa shape index (κ3) is 3.63. The van der Waals surface area contributed by atoms with Gasteiger partial charge < -0.3 is 15.2 Å². The van der Waals surface area contributed by atoms with Crippen molar-refractivity contribution in [3.8, 4) is 0 Å². The van der Waals surface area contributed by atoms with Gasteiger partial charge in [-0.25, -0.2) is 4.98 Å². The molecule has 1 aliphatic rings. The maximum atomic E-state index is 9.37. The van der Waals surface area contributed by atoms with Crippen LogP contribution in [-0.2, 0) is 11.2 Å². The van der Waals surface area contributed by atoms with Crippen LogP contribution < -0.4 is 5.32 Å². The number of aliphatic hydroxyl groups excluding tert-OH is 1. The van der Waals surface area contributed by atoms with Crippen molar-refractivity contribution in [3.05, 3.63) is 5.82 Å². The van der Waals surface area contributed by atoms with Crippen molar-refractivity contribution in [2.75, 3.05) is 25.6 Å². The molecule has 0 radical (unpaired) electrons. The number of hydrogen-bond acceptors (Lipinski definition) is 6. The Morgan fingerprint density at radius 2 is 2.28 bits per heavy atom. The Balaban J connectivity index is 1.89. The third-order valence-electron chi connectivity index (χ3n) is 3.45. The molecule has 2 unspecified atom stereocenters. The molecule has 1 saturated carbocycles. The summed E-state index contributed by atoms with van der Waals surface area (Å²) >= 11 is 1.40. The Kier molecular flexibility index (Phi) is 5.34. The van der Waals surface area contributed by atoms with E-state index in [1.54, 1.807) is 7.11 Å². The number of nitrogens with zero attached hydrogens (tertiary/aromatic N) is 2. The molecule has 0 aliphatic heterocycles. The number of nitrogens with one attached hydrogen (secondary N) is 1. The molecule has 0 bridgehead atoms. The summed E-state index contributed by atoms with van der Waals surface area (Å²) in [6, 6.07) is 0.340. The summed E-state index contributed by atoms with van der Waals surface area (Å²) in [6.45, 7) is 0.909. The topological polar surface area (TPSA) is 67.3 Å². The molecule has 0 amide bonds. The van der Waals surface area contributed by atoms with E-state index in [0.29, 0.717) is 18.6 Å². The normalized spacial score (nSPS) is 24.1. The molecule has 5 nitrogen and oxygen atoms in total. The average Bonchev–Trinajstić information content (AvgIpc) is 2.84. The molecule has 18 heavy (non-hydrogen) atoms. The second-order valence-electron chi connectivity index (χ2n) is 4.74. The maximum absolute atomic E-state index is 9.37. The Morgan fingerprint density at radius 3 is 3.06 bits per heavy atom. The summed E-state index contributed by atoms with van der Waals surface area (Å²) in [7, 11) is 1.68. The van der Waals surface area contributed by atoms with Gasteiger partial charge in [-0.1, -0.05) is 12.8 Å². The van der Waals surface area contributed by atoms with Crippen molar-refractivity contribution in [3.63, 3.8) is 0 Å². The monoisotopic (exact) mass is 271 g/mol. The highest BCUT2D eigenvalue weighted by molar-refractivity contribution is 7.09. The Hall–Kier alpha value is -0.720. The van der Waals surface area contributed by atoms with Crippen LogP contribution in [0.2, 0.25) is 0 Å². The van der Waals surface area contributed by atoms with E-state index in [4.69, 9.17) is 4.74 Å². The molecule has 1 aromatic rings. The predicted molar refractivity (Wildman–Crippen MR) is 71.9 cm³/mol. The van der Waals surface area contributed by atoms with E-state index in [-0.39, 0.29) is 6.61 Å². The fourth-order valence-corrected chi connectivity index (χ4v) is 3.06. The lowest BCUT2D eigenvalue weighted by Crippen LogP contribution is -2.34. The lowest BCUT2D eigenvalue weighted by atomic mass is 9.85. The van der Waals surface area contributed by atoms with Gasteiger partial charge in [0.1, 0.15) is 5.82 Å². The molecule has 0 spiro atoms. The second kappa shape index (κ2) is 7.01. The number of anilines is 1. The fourth-order valence-electron chi connectivity index (χ4n) is 2.38. The predicted octanol–water partition coefficient (Wildman–Crippen LogP) is 1.69. The first-order valence-corrected chi connectivity index (χ1v) is 7.29. The van der Waals surface area contributed by atoms with Gasteiger partial charge in [-0.3, -0.25) is 0 Å². The lowest BCUT2D eigenvalue weighted by molar-refractivity contribution is 0.178. The van der Waals surface area contributed by atoms with Crippen molar-refractivity contribution < 1.29 is 9.84 Å². The Labute approximate surface area is 112 Å². The standard InChI is InChI=1S/C12H21N3O2S/c1-17-7-6-11-14-12(18-15-11)13-10-5-3-2-4-9(10)8-16/h9-10,16H,2-8H2,1H3,(H,13,14,15). The molecule has 2 atom stereocenters. The number of aromatic nitrogens is 2. The molecule has 1 aliphatic carbocycles. The van der Waals surface area contributed by atoms with Crippen LogP contribution >= 0.6 is 11.5 Å². The van der Waals surface area contributed by atoms with Crippen LogP contribution in [0.1, 0.15) is 31.5 Å². The van der Waals surface area contributed by atoms with E-state index in [9.17, 15) is 5.11 Å². The van der Waals surface area contributed by atoms with Crippen LogP contribution in [0.3, 0.4) is 0 Å². The van der Waals surface area contributed by atoms with E-state index in [0.717, 1.165) is 30.2 Å². The number of ether oxygens (including phenoxy) is 1. The molecule has 102 valence electrons. The molecule has 1 heterocycles. The SMILES string of the molecule is COCCc1nsc(NC2CCCCC2CO)n1. The quantitative estimate of drug-likeness (QED) is 0.824. The number of methoxy groups -OCH3 is 1. The van der Waals surface area contributed by atoms with Crippen LogP contribution in [0.4, 0.5) is 5.13 Å². The Morgan fingerprint density at radius 1 is 1.44 bits per heavy atom. The molecule has 0 saturated heterocycles. The lowest BCUT2D eigenvalue weighted by Gasteiger charge is -2.30. The fraction of sp³-hybridized carbons (Fsp3) is 0.833. The maximum Gasteiger partial charge on any atom is 0.202 e. The van der Waals surface area contributed by atoms with Crippen molar-refractivity contribution in [1.82, 2.24) is 9.36 Å². The van der Waals surface area contributed by atoms with Gasteiger partial charge in [0.2, 0.25) is 5.13 Å². The van der Waals surface area contributed by atoms with E-state index in [2.05, 4.69) is 14.7 Å². The minimum absolute atomic E-state index is 0.257. The summed E-state index contributed by atoms with van der Waals surface area (Å²) in [6.07, 6.45) is 5.41. The van der Waals surface area contributed by atoms with Gasteiger partial charge >= 0.3 is 0 Å². The first-order valence-electron chi connectivity index (χ1n) is 6.52. The summed E-state index contributed by atoms with van der Waals surface area (Å²) in [4.78, 5) is 4.45. The molecule has 6 heteroatoms. The van der Waals surface area contributed by atoms with E-state index >= 15 is 0 Å². The van der Waals surface area contributed by atoms with Gasteiger partial charge in [-0.15, -0.1) is 0 Å². The van der Waals surface area contributed by atoms with Crippen molar-refractivity contribution in [2.24, 2.45) is 5.92 Å².